The van der Waals surface area contributed by atoms with E-state index in [1.807, 2.05) is 6.26 Å². The first kappa shape index (κ1) is 13.9. The number of aliphatic carboxylic acids is 1. The minimum Gasteiger partial charge on any atom is -0.480 e. The molecular formula is C10H13ClN2O3S. The summed E-state index contributed by atoms with van der Waals surface area (Å²) in [4.78, 5) is 25.2. The maximum absolute atomic E-state index is 11.7. The van der Waals surface area contributed by atoms with Gasteiger partial charge in [0.1, 0.15) is 11.7 Å². The van der Waals surface area contributed by atoms with Crippen molar-refractivity contribution in [2.45, 2.75) is 12.5 Å². The van der Waals surface area contributed by atoms with Crippen LogP contribution in [-0.2, 0) is 4.79 Å². The third kappa shape index (κ3) is 4.32. The molecule has 0 bridgehead atoms. The lowest BCUT2D eigenvalue weighted by Crippen LogP contribution is -2.41. The van der Waals surface area contributed by atoms with E-state index < -0.39 is 17.9 Å². The zero-order valence-electron chi connectivity index (χ0n) is 9.20. The van der Waals surface area contributed by atoms with Crippen LogP contribution in [0.5, 0.6) is 0 Å². The molecule has 1 heterocycles. The number of carbonyl (C=O) groups is 2. The Labute approximate surface area is 108 Å². The Morgan fingerprint density at radius 1 is 1.65 bits per heavy atom. The van der Waals surface area contributed by atoms with E-state index in [4.69, 9.17) is 16.7 Å². The lowest BCUT2D eigenvalue weighted by Gasteiger charge is -2.13. The molecule has 0 saturated heterocycles. The summed E-state index contributed by atoms with van der Waals surface area (Å²) < 4.78 is 0. The quantitative estimate of drug-likeness (QED) is 0.737. The van der Waals surface area contributed by atoms with Gasteiger partial charge in [0.15, 0.2) is 0 Å². The van der Waals surface area contributed by atoms with Gasteiger partial charge >= 0.3 is 5.97 Å². The molecule has 0 spiro atoms. The van der Waals surface area contributed by atoms with Crippen LogP contribution in [-0.4, -0.2) is 40.0 Å². The molecule has 1 rings (SSSR count). The fraction of sp³-hybridized carbons (Fsp3) is 0.400. The number of carboxylic acids is 1. The van der Waals surface area contributed by atoms with Crippen molar-refractivity contribution in [3.8, 4) is 0 Å². The van der Waals surface area contributed by atoms with Crippen LogP contribution in [0, 0.1) is 0 Å². The lowest BCUT2D eigenvalue weighted by molar-refractivity contribution is -0.139. The van der Waals surface area contributed by atoms with Crippen LogP contribution >= 0.6 is 23.4 Å². The number of aromatic amines is 1. The van der Waals surface area contributed by atoms with Crippen LogP contribution in [0.15, 0.2) is 12.3 Å². The molecule has 94 valence electrons. The second kappa shape index (κ2) is 6.56. The van der Waals surface area contributed by atoms with Crippen LogP contribution < -0.4 is 5.32 Å². The van der Waals surface area contributed by atoms with Gasteiger partial charge in [0, 0.05) is 6.20 Å². The molecule has 0 radical (unpaired) electrons. The van der Waals surface area contributed by atoms with Crippen molar-refractivity contribution >= 4 is 35.2 Å². The molecule has 0 aliphatic carbocycles. The summed E-state index contributed by atoms with van der Waals surface area (Å²) >= 11 is 7.19. The van der Waals surface area contributed by atoms with Gasteiger partial charge in [0.05, 0.1) is 5.02 Å². The van der Waals surface area contributed by atoms with Gasteiger partial charge in [-0.1, -0.05) is 11.6 Å². The fourth-order valence-corrected chi connectivity index (χ4v) is 1.86. The number of nitrogens with one attached hydrogen (secondary N) is 2. The monoisotopic (exact) mass is 276 g/mol. The van der Waals surface area contributed by atoms with Crippen molar-refractivity contribution in [1.82, 2.24) is 10.3 Å². The van der Waals surface area contributed by atoms with Gasteiger partial charge < -0.3 is 15.4 Å². The van der Waals surface area contributed by atoms with E-state index >= 15 is 0 Å². The third-order valence-electron chi connectivity index (χ3n) is 2.11. The molecule has 0 aliphatic heterocycles. The largest absolute Gasteiger partial charge is 0.480 e. The van der Waals surface area contributed by atoms with Crippen molar-refractivity contribution in [2.75, 3.05) is 12.0 Å². The molecule has 7 heteroatoms. The SMILES string of the molecule is CSCCC(NC(=O)c1cc(Cl)c[nH]1)C(=O)O. The molecule has 1 unspecified atom stereocenters. The molecule has 0 aromatic carbocycles. The van der Waals surface area contributed by atoms with Crippen molar-refractivity contribution in [1.29, 1.82) is 0 Å². The maximum Gasteiger partial charge on any atom is 0.326 e. The zero-order valence-corrected chi connectivity index (χ0v) is 10.8. The van der Waals surface area contributed by atoms with E-state index in [0.29, 0.717) is 17.2 Å². The minimum absolute atomic E-state index is 0.255. The molecule has 3 N–H and O–H groups in total. The van der Waals surface area contributed by atoms with E-state index in [0.717, 1.165) is 0 Å². The second-order valence-corrected chi connectivity index (χ2v) is 4.80. The predicted molar refractivity (Wildman–Crippen MR) is 67.7 cm³/mol. The van der Waals surface area contributed by atoms with Gasteiger partial charge in [0.25, 0.3) is 5.91 Å². The number of carboxylic acid groups (broad SMARTS) is 1. The minimum atomic E-state index is -1.04. The van der Waals surface area contributed by atoms with Crippen molar-refractivity contribution in [2.24, 2.45) is 0 Å². The van der Waals surface area contributed by atoms with Gasteiger partial charge in [-0.2, -0.15) is 11.8 Å². The normalized spacial score (nSPS) is 12.1. The van der Waals surface area contributed by atoms with Gasteiger partial charge in [-0.25, -0.2) is 4.79 Å². The number of thioether (sulfide) groups is 1. The highest BCUT2D eigenvalue weighted by atomic mass is 35.5. The Morgan fingerprint density at radius 3 is 2.82 bits per heavy atom. The highest BCUT2D eigenvalue weighted by molar-refractivity contribution is 7.98. The number of hydrogen-bond acceptors (Lipinski definition) is 3. The Kier molecular flexibility index (Phi) is 5.37. The number of aromatic nitrogens is 1. The molecule has 0 fully saturated rings. The highest BCUT2D eigenvalue weighted by Crippen LogP contribution is 2.10. The van der Waals surface area contributed by atoms with Gasteiger partial charge in [0.2, 0.25) is 0 Å². The van der Waals surface area contributed by atoms with Crippen LogP contribution in [0.1, 0.15) is 16.9 Å². The third-order valence-corrected chi connectivity index (χ3v) is 2.97. The molecule has 5 nitrogen and oxygen atoms in total. The van der Waals surface area contributed by atoms with Crippen molar-refractivity contribution in [3.63, 3.8) is 0 Å². The maximum atomic E-state index is 11.7. The van der Waals surface area contributed by atoms with Crippen molar-refractivity contribution < 1.29 is 14.7 Å². The molecule has 1 atom stereocenters. The Balaban J connectivity index is 2.60. The summed E-state index contributed by atoms with van der Waals surface area (Å²) in [6.45, 7) is 0. The smallest absolute Gasteiger partial charge is 0.326 e. The number of hydrogen-bond donors (Lipinski definition) is 3. The predicted octanol–water partition coefficient (Wildman–Crippen LogP) is 1.60. The van der Waals surface area contributed by atoms with E-state index in [9.17, 15) is 9.59 Å². The Hall–Kier alpha value is -1.14. The Morgan fingerprint density at radius 2 is 2.35 bits per heavy atom. The molecule has 1 aromatic heterocycles. The number of amides is 1. The first-order valence-electron chi connectivity index (χ1n) is 4.91. The molecular weight excluding hydrogens is 264 g/mol. The number of rotatable bonds is 6. The number of H-pyrrole nitrogens is 1. The van der Waals surface area contributed by atoms with Crippen LogP contribution in [0.25, 0.3) is 0 Å². The topological polar surface area (TPSA) is 82.2 Å². The van der Waals surface area contributed by atoms with Crippen LogP contribution in [0.2, 0.25) is 5.02 Å². The standard InChI is InChI=1S/C10H13ClN2O3S/c1-17-3-2-7(10(15)16)13-9(14)8-4-6(11)5-12-8/h4-5,7,12H,2-3H2,1H3,(H,13,14)(H,15,16). The van der Waals surface area contributed by atoms with E-state index in [-0.39, 0.29) is 5.69 Å². The van der Waals surface area contributed by atoms with E-state index in [2.05, 4.69) is 10.3 Å². The first-order chi connectivity index (χ1) is 8.04. The first-order valence-corrected chi connectivity index (χ1v) is 6.68. The van der Waals surface area contributed by atoms with Crippen molar-refractivity contribution in [3.05, 3.63) is 23.0 Å². The number of halogens is 1. The second-order valence-electron chi connectivity index (χ2n) is 3.38. The van der Waals surface area contributed by atoms with E-state index in [1.165, 1.54) is 24.0 Å². The summed E-state index contributed by atoms with van der Waals surface area (Å²) in [6.07, 6.45) is 3.73. The highest BCUT2D eigenvalue weighted by Gasteiger charge is 2.20. The summed E-state index contributed by atoms with van der Waals surface area (Å²) in [5.41, 5.74) is 0.255. The summed E-state index contributed by atoms with van der Waals surface area (Å²) in [5, 5.41) is 11.8. The van der Waals surface area contributed by atoms with E-state index in [1.54, 1.807) is 0 Å². The Bertz CT molecular complexity index is 408. The zero-order chi connectivity index (χ0) is 12.8. The molecule has 1 aromatic rings. The molecule has 1 amide bonds. The average molecular weight is 277 g/mol. The lowest BCUT2D eigenvalue weighted by atomic mass is 10.2. The molecule has 0 saturated carbocycles. The van der Waals surface area contributed by atoms with Gasteiger partial charge in [-0.3, -0.25) is 4.79 Å². The summed E-state index contributed by atoms with van der Waals surface area (Å²) in [5.74, 6) is -0.835. The van der Waals surface area contributed by atoms with Gasteiger partial charge in [-0.05, 0) is 24.5 Å². The van der Waals surface area contributed by atoms with Gasteiger partial charge in [-0.15, -0.1) is 0 Å². The van der Waals surface area contributed by atoms with Crippen LogP contribution in [0.3, 0.4) is 0 Å². The summed E-state index contributed by atoms with van der Waals surface area (Å²) in [6, 6.07) is 0.571. The number of carbonyl (C=O) groups excluding carboxylic acids is 1. The van der Waals surface area contributed by atoms with Crippen LogP contribution in [0.4, 0.5) is 0 Å². The molecule has 17 heavy (non-hydrogen) atoms. The molecule has 0 aliphatic rings. The fourth-order valence-electron chi connectivity index (χ4n) is 1.23. The summed E-state index contributed by atoms with van der Waals surface area (Å²) in [7, 11) is 0. The average Bonchev–Trinajstić information content (AvgIpc) is 2.70.